The Morgan fingerprint density at radius 3 is 2.05 bits per heavy atom. The van der Waals surface area contributed by atoms with Crippen LogP contribution in [0.3, 0.4) is 0 Å². The molecule has 1 unspecified atom stereocenters. The van der Waals surface area contributed by atoms with Crippen LogP contribution in [0.5, 0.6) is 0 Å². The lowest BCUT2D eigenvalue weighted by atomic mass is 10.3. The smallest absolute Gasteiger partial charge is 0.115 e. The minimum absolute atomic E-state index is 0.126. The maximum absolute atomic E-state index is 4.66. The predicted molar refractivity (Wildman–Crippen MR) is 83.1 cm³/mol. The largest absolute Gasteiger partial charge is 0.337 e. The summed E-state index contributed by atoms with van der Waals surface area (Å²) in [5, 5.41) is 0. The molecule has 1 heterocycles. The second-order valence-electron chi connectivity index (χ2n) is 6.40. The summed E-state index contributed by atoms with van der Waals surface area (Å²) in [6.45, 7) is 2.46. The molecule has 0 radical (unpaired) electrons. The van der Waals surface area contributed by atoms with Crippen molar-refractivity contribution in [2.45, 2.75) is 75.3 Å². The van der Waals surface area contributed by atoms with E-state index in [1.54, 1.807) is 0 Å². The quantitative estimate of drug-likeness (QED) is 0.720. The molecule has 1 aromatic heterocycles. The highest BCUT2D eigenvalue weighted by Crippen LogP contribution is 2.64. The maximum atomic E-state index is 4.66. The van der Waals surface area contributed by atoms with Crippen LogP contribution in [0.2, 0.25) is 0 Å². The molecular weight excluding hydrogens is 251 g/mol. The summed E-state index contributed by atoms with van der Waals surface area (Å²) in [6, 6.07) is 0. The molecule has 0 saturated heterocycles. The number of nitrogens with zero attached hydrogens (tertiary/aromatic N) is 2. The summed E-state index contributed by atoms with van der Waals surface area (Å²) >= 11 is 0. The molecule has 0 bridgehead atoms. The molecule has 1 aromatic rings. The van der Waals surface area contributed by atoms with E-state index in [0.717, 1.165) is 11.3 Å². The number of aryl methyl sites for hydroxylation is 1. The Labute approximate surface area is 118 Å². The first-order chi connectivity index (χ1) is 9.27. The fourth-order valence-corrected chi connectivity index (χ4v) is 8.55. The van der Waals surface area contributed by atoms with Crippen molar-refractivity contribution in [1.82, 2.24) is 9.55 Å². The van der Waals surface area contributed by atoms with Crippen LogP contribution >= 0.6 is 7.92 Å². The monoisotopic (exact) mass is 278 g/mol. The average molecular weight is 278 g/mol. The van der Waals surface area contributed by atoms with Crippen LogP contribution in [0, 0.1) is 0 Å². The number of imidazole rings is 1. The first kappa shape index (κ1) is 13.6. The van der Waals surface area contributed by atoms with Crippen molar-refractivity contribution in [3.05, 3.63) is 18.2 Å². The van der Waals surface area contributed by atoms with Gasteiger partial charge in [-0.2, -0.15) is 0 Å². The SMILES string of the molecule is CC(c1nccn1C)P(C1CCCC1)C1CCCC1. The van der Waals surface area contributed by atoms with Gasteiger partial charge in [0, 0.05) is 25.1 Å². The lowest BCUT2D eigenvalue weighted by molar-refractivity contribution is 0.752. The summed E-state index contributed by atoms with van der Waals surface area (Å²) in [4.78, 5) is 4.66. The third-order valence-corrected chi connectivity index (χ3v) is 9.02. The van der Waals surface area contributed by atoms with E-state index in [-0.39, 0.29) is 7.92 Å². The van der Waals surface area contributed by atoms with Gasteiger partial charge in [-0.25, -0.2) is 4.98 Å². The van der Waals surface area contributed by atoms with Crippen LogP contribution in [-0.4, -0.2) is 20.9 Å². The molecular formula is C16H27N2P. The first-order valence-corrected chi connectivity index (χ1v) is 9.57. The molecule has 3 rings (SSSR count). The van der Waals surface area contributed by atoms with E-state index in [0.29, 0.717) is 5.66 Å². The minimum atomic E-state index is 0.126. The Balaban J connectivity index is 1.83. The molecule has 0 N–H and O–H groups in total. The van der Waals surface area contributed by atoms with Gasteiger partial charge in [-0.3, -0.25) is 0 Å². The van der Waals surface area contributed by atoms with Crippen molar-refractivity contribution in [1.29, 1.82) is 0 Å². The van der Waals surface area contributed by atoms with Crippen LogP contribution in [0.15, 0.2) is 12.4 Å². The first-order valence-electron chi connectivity index (χ1n) is 8.02. The fraction of sp³-hybridized carbons (Fsp3) is 0.812. The van der Waals surface area contributed by atoms with Gasteiger partial charge in [-0.05, 0) is 37.0 Å². The van der Waals surface area contributed by atoms with Crippen molar-refractivity contribution in [2.75, 3.05) is 0 Å². The van der Waals surface area contributed by atoms with Crippen molar-refractivity contribution in [2.24, 2.45) is 7.05 Å². The Morgan fingerprint density at radius 2 is 1.63 bits per heavy atom. The zero-order chi connectivity index (χ0) is 13.2. The highest BCUT2D eigenvalue weighted by atomic mass is 31.1. The van der Waals surface area contributed by atoms with Crippen LogP contribution in [0.1, 0.15) is 69.8 Å². The lowest BCUT2D eigenvalue weighted by Crippen LogP contribution is -2.16. The summed E-state index contributed by atoms with van der Waals surface area (Å²) in [5.74, 6) is 1.34. The number of aromatic nitrogens is 2. The Hall–Kier alpha value is -0.360. The standard InChI is InChI=1S/C16H27N2P/c1-13(16-17-11-12-18(16)2)19(14-7-3-4-8-14)15-9-5-6-10-15/h11-15H,3-10H2,1-2H3. The molecule has 0 amide bonds. The van der Waals surface area contributed by atoms with Crippen molar-refractivity contribution in [3.63, 3.8) is 0 Å². The summed E-state index contributed by atoms with van der Waals surface area (Å²) in [5.41, 5.74) is 2.76. The fourth-order valence-electron chi connectivity index (χ4n) is 4.25. The van der Waals surface area contributed by atoms with Gasteiger partial charge < -0.3 is 4.57 Å². The molecule has 2 aliphatic carbocycles. The Morgan fingerprint density at radius 1 is 1.11 bits per heavy atom. The molecule has 0 spiro atoms. The Kier molecular flexibility index (Phi) is 4.27. The third-order valence-electron chi connectivity index (χ3n) is 5.17. The van der Waals surface area contributed by atoms with Gasteiger partial charge in [-0.15, -0.1) is 0 Å². The highest BCUT2D eigenvalue weighted by Gasteiger charge is 2.37. The van der Waals surface area contributed by atoms with E-state index >= 15 is 0 Å². The van der Waals surface area contributed by atoms with Gasteiger partial charge in [0.25, 0.3) is 0 Å². The summed E-state index contributed by atoms with van der Waals surface area (Å²) in [7, 11) is 2.29. The molecule has 2 nitrogen and oxygen atoms in total. The van der Waals surface area contributed by atoms with E-state index < -0.39 is 0 Å². The van der Waals surface area contributed by atoms with E-state index in [9.17, 15) is 0 Å². The van der Waals surface area contributed by atoms with Crippen LogP contribution < -0.4 is 0 Å². The third kappa shape index (κ3) is 2.75. The maximum Gasteiger partial charge on any atom is 0.115 e. The molecule has 1 atom stereocenters. The van der Waals surface area contributed by atoms with Gasteiger partial charge in [0.15, 0.2) is 0 Å². The molecule has 0 aromatic carbocycles. The molecule has 0 aliphatic heterocycles. The normalized spacial score (nSPS) is 23.5. The highest BCUT2D eigenvalue weighted by molar-refractivity contribution is 7.59. The summed E-state index contributed by atoms with van der Waals surface area (Å²) in [6.07, 6.45) is 16.0. The molecule has 2 saturated carbocycles. The van der Waals surface area contributed by atoms with Gasteiger partial charge in [0.1, 0.15) is 5.82 Å². The predicted octanol–water partition coefficient (Wildman–Crippen LogP) is 4.85. The van der Waals surface area contributed by atoms with Crippen molar-refractivity contribution >= 4 is 7.92 Å². The van der Waals surface area contributed by atoms with Crippen LogP contribution in [0.25, 0.3) is 0 Å². The van der Waals surface area contributed by atoms with Crippen LogP contribution in [-0.2, 0) is 7.05 Å². The molecule has 2 aliphatic rings. The zero-order valence-electron chi connectivity index (χ0n) is 12.4. The van der Waals surface area contributed by atoms with Gasteiger partial charge in [0.05, 0.1) is 0 Å². The Bertz CT molecular complexity index is 387. The second kappa shape index (κ2) is 5.95. The van der Waals surface area contributed by atoms with E-state index in [1.165, 1.54) is 57.2 Å². The molecule has 2 fully saturated rings. The lowest BCUT2D eigenvalue weighted by Gasteiger charge is -2.35. The molecule has 3 heteroatoms. The molecule has 19 heavy (non-hydrogen) atoms. The number of rotatable bonds is 4. The molecule has 106 valence electrons. The van der Waals surface area contributed by atoms with Gasteiger partial charge >= 0.3 is 0 Å². The van der Waals surface area contributed by atoms with Crippen LogP contribution in [0.4, 0.5) is 0 Å². The van der Waals surface area contributed by atoms with E-state index in [1.807, 2.05) is 6.20 Å². The zero-order valence-corrected chi connectivity index (χ0v) is 13.3. The minimum Gasteiger partial charge on any atom is -0.337 e. The van der Waals surface area contributed by atoms with Crippen molar-refractivity contribution < 1.29 is 0 Å². The summed E-state index contributed by atoms with van der Waals surface area (Å²) < 4.78 is 2.25. The van der Waals surface area contributed by atoms with E-state index in [2.05, 4.69) is 29.7 Å². The van der Waals surface area contributed by atoms with Gasteiger partial charge in [-0.1, -0.05) is 40.5 Å². The van der Waals surface area contributed by atoms with Crippen molar-refractivity contribution in [3.8, 4) is 0 Å². The topological polar surface area (TPSA) is 17.8 Å². The van der Waals surface area contributed by atoms with Gasteiger partial charge in [0.2, 0.25) is 0 Å². The second-order valence-corrected chi connectivity index (χ2v) is 9.53. The average Bonchev–Trinajstić information content (AvgIpc) is 3.10. The number of hydrogen-bond donors (Lipinski definition) is 0. The van der Waals surface area contributed by atoms with E-state index in [4.69, 9.17) is 0 Å². The number of hydrogen-bond acceptors (Lipinski definition) is 1.